The van der Waals surface area contributed by atoms with Gasteiger partial charge in [-0.15, -0.1) is 0 Å². The van der Waals surface area contributed by atoms with Crippen molar-refractivity contribution >= 4 is 5.91 Å². The minimum absolute atomic E-state index is 0.0733. The van der Waals surface area contributed by atoms with Crippen LogP contribution in [0, 0.1) is 23.7 Å². The van der Waals surface area contributed by atoms with Gasteiger partial charge in [-0.2, -0.15) is 0 Å². The minimum atomic E-state index is 0.0733. The number of nitrogens with one attached hydrogen (secondary N) is 1. The van der Waals surface area contributed by atoms with Crippen LogP contribution in [0.5, 0.6) is 0 Å². The van der Waals surface area contributed by atoms with Gasteiger partial charge in [-0.05, 0) is 37.5 Å². The lowest BCUT2D eigenvalue weighted by Crippen LogP contribution is -2.69. The van der Waals surface area contributed by atoms with Gasteiger partial charge in [0.05, 0.1) is 12.1 Å². The number of fused-ring (bicyclic) bond motifs is 3. The molecular weight excluding hydrogens is 228 g/mol. The van der Waals surface area contributed by atoms with Crippen molar-refractivity contribution in [3.05, 3.63) is 0 Å². The number of hydrogen-bond donors (Lipinski definition) is 2. The van der Waals surface area contributed by atoms with Crippen molar-refractivity contribution in [3.8, 4) is 0 Å². The monoisotopic (exact) mass is 250 g/mol. The molecule has 0 aromatic carbocycles. The first-order valence-electron chi connectivity index (χ1n) is 7.41. The normalized spacial score (nSPS) is 53.1. The molecule has 1 amide bonds. The number of rotatable bonds is 2. The highest BCUT2D eigenvalue weighted by Crippen LogP contribution is 2.48. The van der Waals surface area contributed by atoms with E-state index < -0.39 is 0 Å². The molecule has 100 valence electrons. The van der Waals surface area contributed by atoms with E-state index in [4.69, 9.17) is 10.5 Å². The van der Waals surface area contributed by atoms with E-state index in [1.165, 1.54) is 19.3 Å². The third-order valence-electron chi connectivity index (χ3n) is 5.83. The summed E-state index contributed by atoms with van der Waals surface area (Å²) in [5.74, 6) is 2.45. The summed E-state index contributed by atoms with van der Waals surface area (Å²) in [6.07, 6.45) is 6.23. The standard InChI is InChI=1S/C14H22N2O2/c15-11-9-3-4-18-13(9)12(11)16-14(17)10-6-7-1-2-8(10)5-7/h7-13H,1-6,15H2,(H,16,17). The summed E-state index contributed by atoms with van der Waals surface area (Å²) in [6.45, 7) is 0.809. The second-order valence-corrected chi connectivity index (χ2v) is 6.68. The number of amides is 1. The zero-order valence-corrected chi connectivity index (χ0v) is 10.7. The molecule has 1 saturated heterocycles. The first kappa shape index (κ1) is 11.2. The van der Waals surface area contributed by atoms with Crippen LogP contribution in [0.1, 0.15) is 32.1 Å². The molecule has 0 aromatic rings. The van der Waals surface area contributed by atoms with E-state index in [9.17, 15) is 4.79 Å². The Balaban J connectivity index is 1.39. The summed E-state index contributed by atoms with van der Waals surface area (Å²) in [4.78, 5) is 12.4. The van der Waals surface area contributed by atoms with Crippen molar-refractivity contribution in [1.82, 2.24) is 5.32 Å². The van der Waals surface area contributed by atoms with Crippen molar-refractivity contribution in [3.63, 3.8) is 0 Å². The van der Waals surface area contributed by atoms with E-state index in [1.807, 2.05) is 0 Å². The summed E-state index contributed by atoms with van der Waals surface area (Å²) in [5.41, 5.74) is 6.14. The van der Waals surface area contributed by atoms with Crippen LogP contribution in [0.25, 0.3) is 0 Å². The molecule has 4 nitrogen and oxygen atoms in total. The predicted molar refractivity (Wildman–Crippen MR) is 66.7 cm³/mol. The molecule has 4 fully saturated rings. The zero-order valence-electron chi connectivity index (χ0n) is 10.7. The highest BCUT2D eigenvalue weighted by atomic mass is 16.5. The van der Waals surface area contributed by atoms with Crippen LogP contribution in [0.15, 0.2) is 0 Å². The Kier molecular flexibility index (Phi) is 2.46. The Morgan fingerprint density at radius 1 is 1.22 bits per heavy atom. The fourth-order valence-corrected chi connectivity index (χ4v) is 4.76. The van der Waals surface area contributed by atoms with Gasteiger partial charge in [0.25, 0.3) is 0 Å². The number of ether oxygens (including phenoxy) is 1. The molecule has 7 unspecified atom stereocenters. The molecule has 3 N–H and O–H groups in total. The molecule has 3 aliphatic carbocycles. The fraction of sp³-hybridized carbons (Fsp3) is 0.929. The Morgan fingerprint density at radius 3 is 2.83 bits per heavy atom. The van der Waals surface area contributed by atoms with Gasteiger partial charge in [0, 0.05) is 24.5 Å². The van der Waals surface area contributed by atoms with E-state index in [0.29, 0.717) is 11.8 Å². The average molecular weight is 250 g/mol. The molecule has 3 saturated carbocycles. The van der Waals surface area contributed by atoms with Gasteiger partial charge >= 0.3 is 0 Å². The zero-order chi connectivity index (χ0) is 12.3. The molecule has 1 aliphatic heterocycles. The minimum Gasteiger partial charge on any atom is -0.376 e. The van der Waals surface area contributed by atoms with Crippen molar-refractivity contribution < 1.29 is 9.53 Å². The molecule has 4 rings (SSSR count). The maximum Gasteiger partial charge on any atom is 0.223 e. The molecule has 0 radical (unpaired) electrons. The fourth-order valence-electron chi connectivity index (χ4n) is 4.76. The van der Waals surface area contributed by atoms with Crippen molar-refractivity contribution in [2.24, 2.45) is 29.4 Å². The van der Waals surface area contributed by atoms with Crippen molar-refractivity contribution in [2.45, 2.75) is 50.3 Å². The third kappa shape index (κ3) is 1.48. The summed E-state index contributed by atoms with van der Waals surface area (Å²) in [5, 5.41) is 3.18. The van der Waals surface area contributed by atoms with Gasteiger partial charge in [0.15, 0.2) is 0 Å². The number of carbonyl (C=O) groups excluding carboxylic acids is 1. The second-order valence-electron chi connectivity index (χ2n) is 6.68. The van der Waals surface area contributed by atoms with Crippen LogP contribution in [0.2, 0.25) is 0 Å². The van der Waals surface area contributed by atoms with E-state index in [0.717, 1.165) is 25.4 Å². The topological polar surface area (TPSA) is 64.3 Å². The Morgan fingerprint density at radius 2 is 2.11 bits per heavy atom. The molecule has 4 aliphatic rings. The third-order valence-corrected chi connectivity index (χ3v) is 5.83. The smallest absolute Gasteiger partial charge is 0.223 e. The highest BCUT2D eigenvalue weighted by molar-refractivity contribution is 5.80. The molecule has 0 spiro atoms. The van der Waals surface area contributed by atoms with Gasteiger partial charge in [0.1, 0.15) is 0 Å². The highest BCUT2D eigenvalue weighted by Gasteiger charge is 2.53. The van der Waals surface area contributed by atoms with Crippen LogP contribution >= 0.6 is 0 Å². The first-order chi connectivity index (χ1) is 8.74. The lowest BCUT2D eigenvalue weighted by molar-refractivity contribution is -0.131. The summed E-state index contributed by atoms with van der Waals surface area (Å²) in [7, 11) is 0. The summed E-state index contributed by atoms with van der Waals surface area (Å²) < 4.78 is 5.67. The van der Waals surface area contributed by atoms with Gasteiger partial charge in [-0.25, -0.2) is 0 Å². The number of hydrogen-bond acceptors (Lipinski definition) is 3. The molecule has 1 heterocycles. The molecule has 2 bridgehead atoms. The Hall–Kier alpha value is -0.610. The quantitative estimate of drug-likeness (QED) is 0.756. The molecule has 4 heteroatoms. The van der Waals surface area contributed by atoms with Crippen molar-refractivity contribution in [2.75, 3.05) is 6.61 Å². The maximum absolute atomic E-state index is 12.4. The number of nitrogens with two attached hydrogens (primary N) is 1. The van der Waals surface area contributed by atoms with Gasteiger partial charge in [-0.1, -0.05) is 6.42 Å². The summed E-state index contributed by atoms with van der Waals surface area (Å²) >= 11 is 0. The predicted octanol–water partition coefficient (Wildman–Crippen LogP) is 0.653. The van der Waals surface area contributed by atoms with Gasteiger partial charge < -0.3 is 15.8 Å². The number of carbonyl (C=O) groups is 1. The molecule has 0 aromatic heterocycles. The molecular formula is C14H22N2O2. The van der Waals surface area contributed by atoms with Crippen molar-refractivity contribution in [1.29, 1.82) is 0 Å². The van der Waals surface area contributed by atoms with Gasteiger partial charge in [-0.3, -0.25) is 4.79 Å². The van der Waals surface area contributed by atoms with E-state index in [2.05, 4.69) is 5.32 Å². The largest absolute Gasteiger partial charge is 0.376 e. The van der Waals surface area contributed by atoms with Crippen LogP contribution < -0.4 is 11.1 Å². The van der Waals surface area contributed by atoms with E-state index in [-0.39, 0.29) is 30.0 Å². The van der Waals surface area contributed by atoms with Crippen LogP contribution in [-0.2, 0) is 9.53 Å². The van der Waals surface area contributed by atoms with Crippen LogP contribution in [0.4, 0.5) is 0 Å². The molecule has 7 atom stereocenters. The second kappa shape index (κ2) is 3.94. The van der Waals surface area contributed by atoms with E-state index >= 15 is 0 Å². The Labute approximate surface area is 108 Å². The maximum atomic E-state index is 12.4. The SMILES string of the molecule is NC1C2CCOC2C1NC(=O)C1CC2CCC1C2. The lowest BCUT2D eigenvalue weighted by atomic mass is 9.72. The van der Waals surface area contributed by atoms with Crippen LogP contribution in [-0.4, -0.2) is 30.7 Å². The van der Waals surface area contributed by atoms with Gasteiger partial charge in [0.2, 0.25) is 5.91 Å². The molecule has 18 heavy (non-hydrogen) atoms. The first-order valence-corrected chi connectivity index (χ1v) is 7.41. The lowest BCUT2D eigenvalue weighted by Gasteiger charge is -2.46. The Bertz CT molecular complexity index is 373. The summed E-state index contributed by atoms with van der Waals surface area (Å²) in [6, 6.07) is 0.184. The average Bonchev–Trinajstić information content (AvgIpc) is 3.09. The van der Waals surface area contributed by atoms with E-state index in [1.54, 1.807) is 0 Å². The van der Waals surface area contributed by atoms with Crippen LogP contribution in [0.3, 0.4) is 0 Å².